The van der Waals surface area contributed by atoms with Crippen LogP contribution >= 0.6 is 0 Å². The monoisotopic (exact) mass is 313 g/mol. The zero-order chi connectivity index (χ0) is 17.1. The Bertz CT molecular complexity index is 648. The first-order chi connectivity index (χ1) is 11.0. The van der Waals surface area contributed by atoms with Crippen molar-refractivity contribution in [1.29, 1.82) is 0 Å². The maximum absolute atomic E-state index is 11.1. The van der Waals surface area contributed by atoms with Gasteiger partial charge in [0.25, 0.3) is 0 Å². The summed E-state index contributed by atoms with van der Waals surface area (Å²) in [6, 6.07) is 15.9. The van der Waals surface area contributed by atoms with Gasteiger partial charge in [-0.05, 0) is 42.8 Å². The summed E-state index contributed by atoms with van der Waals surface area (Å²) in [5, 5.41) is 8.29. The Morgan fingerprint density at radius 3 is 2.22 bits per heavy atom. The highest BCUT2D eigenvalue weighted by atomic mass is 16.5. The molecule has 0 aliphatic carbocycles. The number of ether oxygens (including phenoxy) is 1. The van der Waals surface area contributed by atoms with Crippen LogP contribution in [0.4, 0.5) is 5.69 Å². The Morgan fingerprint density at radius 1 is 1.09 bits per heavy atom. The third kappa shape index (κ3) is 7.47. The summed E-state index contributed by atoms with van der Waals surface area (Å²) in [5.74, 6) is -1.23. The van der Waals surface area contributed by atoms with Gasteiger partial charge >= 0.3 is 11.9 Å². The number of hydrogen-bond donors (Lipinski definition) is 2. The standard InChI is InChI=1S/C9H11NO2.C9H8O2/c1-2-12-9(11)7-3-5-8(10)6-4-7;10-9(11)7-6-8-4-2-1-3-5-8/h3-6H,2,10H2,1H3;1-7H,(H,10,11)/b;7-6+. The molecule has 2 rings (SSSR count). The first-order valence-corrected chi connectivity index (χ1v) is 7.01. The lowest BCUT2D eigenvalue weighted by molar-refractivity contribution is -0.131. The SMILES string of the molecule is CCOC(=O)c1ccc(N)cc1.O=C(O)/C=C/c1ccccc1. The minimum Gasteiger partial charge on any atom is -0.478 e. The summed E-state index contributed by atoms with van der Waals surface area (Å²) in [5.41, 5.74) is 7.52. The number of nitrogens with two attached hydrogens (primary N) is 1. The Kier molecular flexibility index (Phi) is 7.64. The number of benzene rings is 2. The lowest BCUT2D eigenvalue weighted by atomic mass is 10.2. The second-order valence-electron chi connectivity index (χ2n) is 4.42. The molecule has 2 aromatic rings. The number of rotatable bonds is 4. The zero-order valence-corrected chi connectivity index (χ0v) is 12.8. The first kappa shape index (κ1) is 18.0. The highest BCUT2D eigenvalue weighted by molar-refractivity contribution is 5.89. The smallest absolute Gasteiger partial charge is 0.338 e. The van der Waals surface area contributed by atoms with E-state index in [1.54, 1.807) is 37.3 Å². The molecule has 23 heavy (non-hydrogen) atoms. The molecule has 5 heteroatoms. The molecule has 0 fully saturated rings. The van der Waals surface area contributed by atoms with Crippen LogP contribution in [-0.4, -0.2) is 23.7 Å². The van der Waals surface area contributed by atoms with E-state index in [0.717, 1.165) is 11.6 Å². The van der Waals surface area contributed by atoms with Gasteiger partial charge in [0.1, 0.15) is 0 Å². The number of anilines is 1. The highest BCUT2D eigenvalue weighted by Crippen LogP contribution is 2.06. The second-order valence-corrected chi connectivity index (χ2v) is 4.42. The molecule has 0 aromatic heterocycles. The van der Waals surface area contributed by atoms with E-state index >= 15 is 0 Å². The van der Waals surface area contributed by atoms with E-state index in [2.05, 4.69) is 0 Å². The maximum Gasteiger partial charge on any atom is 0.338 e. The van der Waals surface area contributed by atoms with Gasteiger partial charge < -0.3 is 15.6 Å². The molecule has 120 valence electrons. The van der Waals surface area contributed by atoms with Crippen molar-refractivity contribution < 1.29 is 19.4 Å². The number of esters is 1. The quantitative estimate of drug-likeness (QED) is 0.514. The maximum atomic E-state index is 11.1. The number of carbonyl (C=O) groups is 2. The van der Waals surface area contributed by atoms with Crippen molar-refractivity contribution in [2.45, 2.75) is 6.92 Å². The summed E-state index contributed by atoms with van der Waals surface area (Å²) in [6.07, 6.45) is 2.68. The predicted molar refractivity (Wildman–Crippen MR) is 89.9 cm³/mol. The Balaban J connectivity index is 0.000000231. The van der Waals surface area contributed by atoms with E-state index in [1.807, 2.05) is 30.3 Å². The second kappa shape index (κ2) is 9.78. The lowest BCUT2D eigenvalue weighted by Crippen LogP contribution is -2.04. The fourth-order valence-corrected chi connectivity index (χ4v) is 1.57. The van der Waals surface area contributed by atoms with E-state index in [4.69, 9.17) is 15.6 Å². The van der Waals surface area contributed by atoms with E-state index in [1.165, 1.54) is 0 Å². The van der Waals surface area contributed by atoms with Crippen LogP contribution in [0.1, 0.15) is 22.8 Å². The molecule has 0 aliphatic heterocycles. The van der Waals surface area contributed by atoms with E-state index < -0.39 is 5.97 Å². The average molecular weight is 313 g/mol. The molecular formula is C18H19NO4. The molecule has 3 N–H and O–H groups in total. The first-order valence-electron chi connectivity index (χ1n) is 7.01. The van der Waals surface area contributed by atoms with Crippen LogP contribution < -0.4 is 5.73 Å². The fourth-order valence-electron chi connectivity index (χ4n) is 1.57. The van der Waals surface area contributed by atoms with Gasteiger partial charge in [0.05, 0.1) is 12.2 Å². The van der Waals surface area contributed by atoms with Crippen molar-refractivity contribution in [2.24, 2.45) is 0 Å². The largest absolute Gasteiger partial charge is 0.478 e. The molecule has 0 saturated carbocycles. The predicted octanol–water partition coefficient (Wildman–Crippen LogP) is 3.23. The van der Waals surface area contributed by atoms with Crippen LogP contribution in [0.5, 0.6) is 0 Å². The van der Waals surface area contributed by atoms with Crippen molar-refractivity contribution in [2.75, 3.05) is 12.3 Å². The van der Waals surface area contributed by atoms with Crippen molar-refractivity contribution in [3.63, 3.8) is 0 Å². The normalized spacial score (nSPS) is 9.78. The van der Waals surface area contributed by atoms with Gasteiger partial charge in [-0.15, -0.1) is 0 Å². The van der Waals surface area contributed by atoms with Crippen LogP contribution in [0.3, 0.4) is 0 Å². The van der Waals surface area contributed by atoms with Gasteiger partial charge in [0, 0.05) is 11.8 Å². The van der Waals surface area contributed by atoms with Crippen molar-refractivity contribution in [3.05, 3.63) is 71.8 Å². The van der Waals surface area contributed by atoms with E-state index in [0.29, 0.717) is 17.9 Å². The lowest BCUT2D eigenvalue weighted by Gasteiger charge is -2.00. The number of carbonyl (C=O) groups excluding carboxylic acids is 1. The summed E-state index contributed by atoms with van der Waals surface area (Å²) < 4.78 is 4.79. The van der Waals surface area contributed by atoms with Gasteiger partial charge in [0.15, 0.2) is 0 Å². The molecule has 0 bridgehead atoms. The van der Waals surface area contributed by atoms with Gasteiger partial charge in [-0.3, -0.25) is 0 Å². The van der Waals surface area contributed by atoms with E-state index in [9.17, 15) is 9.59 Å². The number of carboxylic acid groups (broad SMARTS) is 1. The minimum absolute atomic E-state index is 0.308. The zero-order valence-electron chi connectivity index (χ0n) is 12.8. The number of nitrogen functional groups attached to an aromatic ring is 1. The number of hydrogen-bond acceptors (Lipinski definition) is 4. The summed E-state index contributed by atoms with van der Waals surface area (Å²) in [4.78, 5) is 21.2. The van der Waals surface area contributed by atoms with Gasteiger partial charge in [-0.1, -0.05) is 30.3 Å². The molecule has 0 aliphatic rings. The Hall–Kier alpha value is -3.08. The summed E-state index contributed by atoms with van der Waals surface area (Å²) >= 11 is 0. The number of carboxylic acids is 1. The molecule has 0 unspecified atom stereocenters. The Morgan fingerprint density at radius 2 is 1.70 bits per heavy atom. The molecule has 0 amide bonds. The minimum atomic E-state index is -0.922. The topological polar surface area (TPSA) is 89.6 Å². The molecule has 0 atom stereocenters. The molecule has 0 saturated heterocycles. The van der Waals surface area contributed by atoms with Gasteiger partial charge in [-0.2, -0.15) is 0 Å². The highest BCUT2D eigenvalue weighted by Gasteiger charge is 2.03. The third-order valence-electron chi connectivity index (χ3n) is 2.64. The van der Waals surface area contributed by atoms with E-state index in [-0.39, 0.29) is 5.97 Å². The molecule has 0 radical (unpaired) electrons. The van der Waals surface area contributed by atoms with Crippen LogP contribution in [0, 0.1) is 0 Å². The third-order valence-corrected chi connectivity index (χ3v) is 2.64. The van der Waals surface area contributed by atoms with Crippen molar-refractivity contribution in [3.8, 4) is 0 Å². The van der Waals surface area contributed by atoms with Crippen LogP contribution in [0.15, 0.2) is 60.7 Å². The summed E-state index contributed by atoms with van der Waals surface area (Å²) in [7, 11) is 0. The number of aliphatic carboxylic acids is 1. The summed E-state index contributed by atoms with van der Waals surface area (Å²) in [6.45, 7) is 2.17. The fraction of sp³-hybridized carbons (Fsp3) is 0.111. The van der Waals surface area contributed by atoms with Crippen molar-refractivity contribution in [1.82, 2.24) is 0 Å². The van der Waals surface area contributed by atoms with Gasteiger partial charge in [-0.25, -0.2) is 9.59 Å². The van der Waals surface area contributed by atoms with Gasteiger partial charge in [0.2, 0.25) is 0 Å². The molecule has 0 heterocycles. The average Bonchev–Trinajstić information content (AvgIpc) is 2.55. The van der Waals surface area contributed by atoms with Crippen LogP contribution in [0.2, 0.25) is 0 Å². The molecule has 5 nitrogen and oxygen atoms in total. The molecular weight excluding hydrogens is 294 g/mol. The molecule has 2 aromatic carbocycles. The van der Waals surface area contributed by atoms with Crippen molar-refractivity contribution >= 4 is 23.7 Å². The van der Waals surface area contributed by atoms with Crippen LogP contribution in [0.25, 0.3) is 6.08 Å². The molecule has 0 spiro atoms. The van der Waals surface area contributed by atoms with Crippen LogP contribution in [-0.2, 0) is 9.53 Å². The Labute approximate surface area is 135 Å².